The lowest BCUT2D eigenvalue weighted by Gasteiger charge is -2.18. The Morgan fingerprint density at radius 2 is 2.06 bits per heavy atom. The summed E-state index contributed by atoms with van der Waals surface area (Å²) in [6, 6.07) is 3.15. The first kappa shape index (κ1) is 12.4. The molecule has 0 spiro atoms. The van der Waals surface area contributed by atoms with E-state index >= 15 is 0 Å². The zero-order chi connectivity index (χ0) is 12.9. The average Bonchev–Trinajstić information content (AvgIpc) is 2.84. The molecular formula is C14H17BrFNO. The first-order valence-corrected chi connectivity index (χ1v) is 7.21. The molecule has 2 N–H and O–H groups in total. The maximum atomic E-state index is 13.5. The lowest BCUT2D eigenvalue weighted by Crippen LogP contribution is -2.16. The lowest BCUT2D eigenvalue weighted by molar-refractivity contribution is 0.393. The summed E-state index contributed by atoms with van der Waals surface area (Å²) < 4.78 is 19.2. The molecule has 0 heterocycles. The van der Waals surface area contributed by atoms with Gasteiger partial charge in [0.1, 0.15) is 11.6 Å². The Hall–Kier alpha value is -0.610. The molecule has 2 aliphatic rings. The Bertz CT molecular complexity index is 469. The Balaban J connectivity index is 1.89. The van der Waals surface area contributed by atoms with Gasteiger partial charge in [0.25, 0.3) is 0 Å². The molecule has 2 saturated carbocycles. The van der Waals surface area contributed by atoms with Crippen molar-refractivity contribution in [2.75, 3.05) is 7.11 Å². The number of hydrogen-bond acceptors (Lipinski definition) is 2. The third kappa shape index (κ3) is 1.86. The summed E-state index contributed by atoms with van der Waals surface area (Å²) in [6.07, 6.45) is 3.93. The number of methoxy groups -OCH3 is 1. The number of nitrogens with two attached hydrogens (primary N) is 1. The van der Waals surface area contributed by atoms with Crippen LogP contribution >= 0.6 is 15.9 Å². The average molecular weight is 314 g/mol. The van der Waals surface area contributed by atoms with E-state index in [1.807, 2.05) is 0 Å². The highest BCUT2D eigenvalue weighted by molar-refractivity contribution is 9.10. The SMILES string of the molecule is COc1cc(F)c(Br)cc1C(N)C1C2CCCC21. The van der Waals surface area contributed by atoms with Crippen LogP contribution in [0.15, 0.2) is 16.6 Å². The molecular weight excluding hydrogens is 297 g/mol. The highest BCUT2D eigenvalue weighted by Crippen LogP contribution is 2.62. The molecule has 0 amide bonds. The van der Waals surface area contributed by atoms with Gasteiger partial charge < -0.3 is 10.5 Å². The molecule has 3 unspecified atom stereocenters. The molecule has 4 heteroatoms. The number of halogens is 2. The molecule has 98 valence electrons. The minimum absolute atomic E-state index is 0.0350. The molecule has 0 bridgehead atoms. The fourth-order valence-electron chi connectivity index (χ4n) is 3.60. The molecule has 2 aliphatic carbocycles. The van der Waals surface area contributed by atoms with E-state index in [0.717, 1.165) is 17.4 Å². The molecule has 0 aromatic heterocycles. The van der Waals surface area contributed by atoms with Crippen LogP contribution in [0.1, 0.15) is 30.9 Å². The maximum Gasteiger partial charge on any atom is 0.141 e. The molecule has 2 nitrogen and oxygen atoms in total. The molecule has 2 fully saturated rings. The van der Waals surface area contributed by atoms with Crippen molar-refractivity contribution in [3.8, 4) is 5.75 Å². The minimum Gasteiger partial charge on any atom is -0.496 e. The van der Waals surface area contributed by atoms with Crippen molar-refractivity contribution in [2.45, 2.75) is 25.3 Å². The predicted octanol–water partition coefficient (Wildman–Crippen LogP) is 3.64. The van der Waals surface area contributed by atoms with Crippen molar-refractivity contribution < 1.29 is 9.13 Å². The molecule has 18 heavy (non-hydrogen) atoms. The normalized spacial score (nSPS) is 31.0. The summed E-state index contributed by atoms with van der Waals surface area (Å²) in [5.74, 6) is 2.39. The van der Waals surface area contributed by atoms with Crippen molar-refractivity contribution in [1.82, 2.24) is 0 Å². The van der Waals surface area contributed by atoms with E-state index in [1.165, 1.54) is 25.3 Å². The molecule has 3 rings (SSSR count). The fourth-order valence-corrected chi connectivity index (χ4v) is 3.96. The van der Waals surface area contributed by atoms with Crippen molar-refractivity contribution in [3.05, 3.63) is 28.0 Å². The van der Waals surface area contributed by atoms with Crippen LogP contribution in [0.25, 0.3) is 0 Å². The van der Waals surface area contributed by atoms with E-state index in [-0.39, 0.29) is 11.9 Å². The Morgan fingerprint density at radius 1 is 1.39 bits per heavy atom. The second-order valence-electron chi connectivity index (χ2n) is 5.37. The van der Waals surface area contributed by atoms with Crippen molar-refractivity contribution in [1.29, 1.82) is 0 Å². The van der Waals surface area contributed by atoms with Crippen molar-refractivity contribution >= 4 is 15.9 Å². The van der Waals surface area contributed by atoms with Crippen LogP contribution in [0.4, 0.5) is 4.39 Å². The van der Waals surface area contributed by atoms with Gasteiger partial charge in [0.15, 0.2) is 0 Å². The third-order valence-electron chi connectivity index (χ3n) is 4.52. The van der Waals surface area contributed by atoms with Gasteiger partial charge in [-0.25, -0.2) is 4.39 Å². The van der Waals surface area contributed by atoms with Crippen LogP contribution in [0.5, 0.6) is 5.75 Å². The van der Waals surface area contributed by atoms with Gasteiger partial charge in [-0.15, -0.1) is 0 Å². The van der Waals surface area contributed by atoms with E-state index in [1.54, 1.807) is 13.2 Å². The van der Waals surface area contributed by atoms with Crippen LogP contribution in [-0.4, -0.2) is 7.11 Å². The summed E-state index contributed by atoms with van der Waals surface area (Å²) in [4.78, 5) is 0. The number of hydrogen-bond donors (Lipinski definition) is 1. The van der Waals surface area contributed by atoms with Crippen molar-refractivity contribution in [3.63, 3.8) is 0 Å². The van der Waals surface area contributed by atoms with E-state index in [4.69, 9.17) is 10.5 Å². The van der Waals surface area contributed by atoms with Crippen LogP contribution in [0.3, 0.4) is 0 Å². The minimum atomic E-state index is -0.307. The van der Waals surface area contributed by atoms with Crippen molar-refractivity contribution in [2.24, 2.45) is 23.5 Å². The van der Waals surface area contributed by atoms with E-state index in [9.17, 15) is 4.39 Å². The number of benzene rings is 1. The highest BCUT2D eigenvalue weighted by atomic mass is 79.9. The summed E-state index contributed by atoms with van der Waals surface area (Å²) in [6.45, 7) is 0. The first-order valence-electron chi connectivity index (χ1n) is 6.42. The van der Waals surface area contributed by atoms with E-state index in [0.29, 0.717) is 16.1 Å². The van der Waals surface area contributed by atoms with Gasteiger partial charge in [-0.1, -0.05) is 6.42 Å². The second kappa shape index (κ2) is 4.49. The fraction of sp³-hybridized carbons (Fsp3) is 0.571. The monoisotopic (exact) mass is 313 g/mol. The zero-order valence-corrected chi connectivity index (χ0v) is 11.9. The van der Waals surface area contributed by atoms with Gasteiger partial charge in [0.2, 0.25) is 0 Å². The molecule has 1 aromatic rings. The highest BCUT2D eigenvalue weighted by Gasteiger charge is 2.55. The van der Waals surface area contributed by atoms with Gasteiger partial charge in [-0.05, 0) is 52.6 Å². The third-order valence-corrected chi connectivity index (χ3v) is 5.13. The van der Waals surface area contributed by atoms with Gasteiger partial charge in [0.05, 0.1) is 11.6 Å². The maximum absolute atomic E-state index is 13.5. The molecule has 1 aromatic carbocycles. The number of rotatable bonds is 3. The second-order valence-corrected chi connectivity index (χ2v) is 6.22. The first-order chi connectivity index (χ1) is 8.63. The topological polar surface area (TPSA) is 35.2 Å². The van der Waals surface area contributed by atoms with Crippen LogP contribution in [-0.2, 0) is 0 Å². The largest absolute Gasteiger partial charge is 0.496 e. The molecule has 3 atom stereocenters. The van der Waals surface area contributed by atoms with Crippen LogP contribution < -0.4 is 10.5 Å². The van der Waals surface area contributed by atoms with E-state index in [2.05, 4.69) is 15.9 Å². The number of fused-ring (bicyclic) bond motifs is 1. The predicted molar refractivity (Wildman–Crippen MR) is 71.9 cm³/mol. The van der Waals surface area contributed by atoms with Gasteiger partial charge >= 0.3 is 0 Å². The Kier molecular flexibility index (Phi) is 3.10. The lowest BCUT2D eigenvalue weighted by atomic mass is 9.97. The summed E-state index contributed by atoms with van der Waals surface area (Å²) in [7, 11) is 1.56. The van der Waals surface area contributed by atoms with Gasteiger partial charge in [-0.3, -0.25) is 0 Å². The summed E-state index contributed by atoms with van der Waals surface area (Å²) >= 11 is 3.22. The van der Waals surface area contributed by atoms with Gasteiger partial charge in [0, 0.05) is 17.7 Å². The molecule has 0 saturated heterocycles. The summed E-state index contributed by atoms with van der Waals surface area (Å²) in [5, 5.41) is 0. The molecule has 0 aliphatic heterocycles. The van der Waals surface area contributed by atoms with Crippen LogP contribution in [0, 0.1) is 23.6 Å². The Morgan fingerprint density at radius 3 is 2.67 bits per heavy atom. The molecule has 0 radical (unpaired) electrons. The van der Waals surface area contributed by atoms with Gasteiger partial charge in [-0.2, -0.15) is 0 Å². The van der Waals surface area contributed by atoms with E-state index < -0.39 is 0 Å². The quantitative estimate of drug-likeness (QED) is 0.924. The zero-order valence-electron chi connectivity index (χ0n) is 10.3. The smallest absolute Gasteiger partial charge is 0.141 e. The number of ether oxygens (including phenoxy) is 1. The summed E-state index contributed by atoms with van der Waals surface area (Å²) in [5.41, 5.74) is 7.28. The van der Waals surface area contributed by atoms with Crippen LogP contribution in [0.2, 0.25) is 0 Å². The Labute approximate surface area is 115 Å². The standard InChI is InChI=1S/C14H17BrFNO/c1-18-12-6-11(16)10(15)5-9(12)14(17)13-7-3-2-4-8(7)13/h5-8,13-14H,2-4,17H2,1H3.